The number of aliphatic imine (C=N–C) groups is 1. The molecular formula is C19H26N4O3. The Morgan fingerprint density at radius 2 is 2.04 bits per heavy atom. The normalized spacial score (nSPS) is 24.0. The van der Waals surface area contributed by atoms with Gasteiger partial charge < -0.3 is 14.5 Å². The maximum absolute atomic E-state index is 12.8. The van der Waals surface area contributed by atoms with Crippen LogP contribution in [0.15, 0.2) is 29.3 Å². The Labute approximate surface area is 154 Å². The summed E-state index contributed by atoms with van der Waals surface area (Å²) in [4.78, 5) is 34.3. The van der Waals surface area contributed by atoms with Crippen LogP contribution in [0.4, 0.5) is 0 Å². The molecule has 2 aliphatic heterocycles. The predicted octanol–water partition coefficient (Wildman–Crippen LogP) is 0.949. The van der Waals surface area contributed by atoms with E-state index < -0.39 is 17.9 Å². The first kappa shape index (κ1) is 18.4. The van der Waals surface area contributed by atoms with E-state index in [2.05, 4.69) is 22.2 Å². The van der Waals surface area contributed by atoms with Crippen LogP contribution in [-0.4, -0.2) is 67.5 Å². The lowest BCUT2D eigenvalue weighted by molar-refractivity contribution is -0.153. The molecule has 26 heavy (non-hydrogen) atoms. The highest BCUT2D eigenvalue weighted by Crippen LogP contribution is 2.31. The van der Waals surface area contributed by atoms with Crippen LogP contribution in [0.2, 0.25) is 0 Å². The summed E-state index contributed by atoms with van der Waals surface area (Å²) in [5.74, 6) is -1.29. The molecule has 0 spiro atoms. The molecule has 2 aliphatic rings. The van der Waals surface area contributed by atoms with Crippen molar-refractivity contribution in [3.05, 3.63) is 35.4 Å². The molecule has 2 atom stereocenters. The SMILES string of the molecule is CCOC(=O)[C@H]1C(=O)NC(N2CCN(C)CC2)=N[C@@H]1c1cccc(C)c1. The standard InChI is InChI=1S/C19H26N4O3/c1-4-26-18(25)15-16(14-7-5-6-13(2)12-14)20-19(21-17(15)24)23-10-8-22(3)9-11-23/h5-7,12,15-16H,4,8-11H2,1-3H3,(H,20,21,24)/t15-,16-/m1/s1. The molecule has 0 bridgehead atoms. The molecule has 2 heterocycles. The van der Waals surface area contributed by atoms with Gasteiger partial charge >= 0.3 is 5.97 Å². The van der Waals surface area contributed by atoms with E-state index in [4.69, 9.17) is 9.73 Å². The van der Waals surface area contributed by atoms with Crippen LogP contribution < -0.4 is 5.32 Å². The van der Waals surface area contributed by atoms with E-state index in [1.807, 2.05) is 31.2 Å². The molecule has 7 heteroatoms. The summed E-state index contributed by atoms with van der Waals surface area (Å²) in [7, 11) is 2.07. The van der Waals surface area contributed by atoms with E-state index in [0.717, 1.165) is 37.3 Å². The highest BCUT2D eigenvalue weighted by molar-refractivity contribution is 6.08. The lowest BCUT2D eigenvalue weighted by Gasteiger charge is -2.37. The Hall–Kier alpha value is -2.41. The summed E-state index contributed by atoms with van der Waals surface area (Å²) in [5, 5.41) is 2.82. The average Bonchev–Trinajstić information content (AvgIpc) is 2.61. The summed E-state index contributed by atoms with van der Waals surface area (Å²) < 4.78 is 5.14. The number of benzene rings is 1. The molecule has 0 radical (unpaired) electrons. The number of carbonyl (C=O) groups is 2. The third kappa shape index (κ3) is 3.88. The van der Waals surface area contributed by atoms with Gasteiger partial charge in [0.15, 0.2) is 5.92 Å². The first-order chi connectivity index (χ1) is 12.5. The third-order valence-electron chi connectivity index (χ3n) is 4.82. The van der Waals surface area contributed by atoms with Gasteiger partial charge in [0, 0.05) is 26.2 Å². The van der Waals surface area contributed by atoms with Crippen molar-refractivity contribution in [1.82, 2.24) is 15.1 Å². The highest BCUT2D eigenvalue weighted by Gasteiger charge is 2.42. The number of carbonyl (C=O) groups excluding carboxylic acids is 2. The van der Waals surface area contributed by atoms with Gasteiger partial charge in [0.25, 0.3) is 0 Å². The molecule has 1 saturated heterocycles. The molecule has 1 aromatic carbocycles. The van der Waals surface area contributed by atoms with Gasteiger partial charge in [-0.05, 0) is 26.5 Å². The van der Waals surface area contributed by atoms with Crippen LogP contribution in [0.5, 0.6) is 0 Å². The van der Waals surface area contributed by atoms with Gasteiger partial charge in [-0.3, -0.25) is 14.9 Å². The molecule has 140 valence electrons. The fourth-order valence-corrected chi connectivity index (χ4v) is 3.34. The number of nitrogens with zero attached hydrogens (tertiary/aromatic N) is 3. The quantitative estimate of drug-likeness (QED) is 0.643. The second kappa shape index (κ2) is 7.86. The van der Waals surface area contributed by atoms with Crippen molar-refractivity contribution in [1.29, 1.82) is 0 Å². The zero-order valence-corrected chi connectivity index (χ0v) is 15.6. The minimum atomic E-state index is -0.965. The molecular weight excluding hydrogens is 332 g/mol. The number of hydrogen-bond donors (Lipinski definition) is 1. The lowest BCUT2D eigenvalue weighted by atomic mass is 9.90. The zero-order valence-electron chi connectivity index (χ0n) is 15.6. The minimum Gasteiger partial charge on any atom is -0.465 e. The number of guanidine groups is 1. The second-order valence-corrected chi connectivity index (χ2v) is 6.82. The maximum Gasteiger partial charge on any atom is 0.321 e. The number of piperazine rings is 1. The van der Waals surface area contributed by atoms with Crippen molar-refractivity contribution >= 4 is 17.8 Å². The molecule has 0 unspecified atom stereocenters. The van der Waals surface area contributed by atoms with Crippen molar-refractivity contribution in [2.75, 3.05) is 39.8 Å². The van der Waals surface area contributed by atoms with Crippen molar-refractivity contribution in [2.24, 2.45) is 10.9 Å². The Morgan fingerprint density at radius 3 is 2.69 bits per heavy atom. The van der Waals surface area contributed by atoms with Crippen LogP contribution in [0.3, 0.4) is 0 Å². The van der Waals surface area contributed by atoms with E-state index >= 15 is 0 Å². The van der Waals surface area contributed by atoms with Gasteiger partial charge in [-0.1, -0.05) is 29.8 Å². The molecule has 7 nitrogen and oxygen atoms in total. The van der Waals surface area contributed by atoms with Crippen LogP contribution in [-0.2, 0) is 14.3 Å². The summed E-state index contributed by atoms with van der Waals surface area (Å²) in [5.41, 5.74) is 1.91. The molecule has 3 rings (SSSR count). The van der Waals surface area contributed by atoms with Crippen molar-refractivity contribution in [2.45, 2.75) is 19.9 Å². The van der Waals surface area contributed by atoms with Gasteiger partial charge in [0.1, 0.15) is 6.04 Å². The monoisotopic (exact) mass is 358 g/mol. The predicted molar refractivity (Wildman–Crippen MR) is 98.7 cm³/mol. The number of ether oxygens (including phenoxy) is 1. The fourth-order valence-electron chi connectivity index (χ4n) is 3.34. The number of hydrogen-bond acceptors (Lipinski definition) is 6. The lowest BCUT2D eigenvalue weighted by Crippen LogP contribution is -2.56. The summed E-state index contributed by atoms with van der Waals surface area (Å²) in [6.07, 6.45) is 0. The van der Waals surface area contributed by atoms with Gasteiger partial charge in [-0.2, -0.15) is 0 Å². The first-order valence-corrected chi connectivity index (χ1v) is 9.05. The van der Waals surface area contributed by atoms with Gasteiger partial charge in [-0.25, -0.2) is 4.99 Å². The number of aryl methyl sites for hydroxylation is 1. The summed E-state index contributed by atoms with van der Waals surface area (Å²) >= 11 is 0. The number of likely N-dealkylation sites (N-methyl/N-ethyl adjacent to an activating group) is 1. The van der Waals surface area contributed by atoms with E-state index in [1.165, 1.54) is 0 Å². The van der Waals surface area contributed by atoms with E-state index in [9.17, 15) is 9.59 Å². The van der Waals surface area contributed by atoms with Crippen LogP contribution >= 0.6 is 0 Å². The Kier molecular flexibility index (Phi) is 5.56. The molecule has 1 amide bonds. The average molecular weight is 358 g/mol. The Morgan fingerprint density at radius 1 is 1.31 bits per heavy atom. The van der Waals surface area contributed by atoms with Gasteiger partial charge in [0.2, 0.25) is 11.9 Å². The Balaban J connectivity index is 1.95. The van der Waals surface area contributed by atoms with Crippen LogP contribution in [0, 0.1) is 12.8 Å². The van der Waals surface area contributed by atoms with Gasteiger partial charge in [0.05, 0.1) is 6.61 Å². The number of esters is 1. The number of nitrogens with one attached hydrogen (secondary N) is 1. The second-order valence-electron chi connectivity index (χ2n) is 6.82. The highest BCUT2D eigenvalue weighted by atomic mass is 16.5. The van der Waals surface area contributed by atoms with E-state index in [1.54, 1.807) is 6.92 Å². The zero-order chi connectivity index (χ0) is 18.7. The molecule has 1 fully saturated rings. The van der Waals surface area contributed by atoms with Crippen molar-refractivity contribution in [3.63, 3.8) is 0 Å². The van der Waals surface area contributed by atoms with Crippen molar-refractivity contribution < 1.29 is 14.3 Å². The third-order valence-corrected chi connectivity index (χ3v) is 4.82. The van der Waals surface area contributed by atoms with E-state index in [0.29, 0.717) is 5.96 Å². The topological polar surface area (TPSA) is 74.2 Å². The minimum absolute atomic E-state index is 0.234. The largest absolute Gasteiger partial charge is 0.465 e. The fraction of sp³-hybridized carbons (Fsp3) is 0.526. The maximum atomic E-state index is 12.8. The summed E-state index contributed by atoms with van der Waals surface area (Å²) in [6.45, 7) is 7.35. The first-order valence-electron chi connectivity index (χ1n) is 9.05. The number of amides is 1. The Bertz CT molecular complexity index is 710. The molecule has 0 aromatic heterocycles. The summed E-state index contributed by atoms with van der Waals surface area (Å²) in [6, 6.07) is 7.22. The van der Waals surface area contributed by atoms with E-state index in [-0.39, 0.29) is 12.5 Å². The smallest absolute Gasteiger partial charge is 0.321 e. The number of rotatable bonds is 3. The van der Waals surface area contributed by atoms with Crippen LogP contribution in [0.25, 0.3) is 0 Å². The van der Waals surface area contributed by atoms with Crippen molar-refractivity contribution in [3.8, 4) is 0 Å². The van der Waals surface area contributed by atoms with Gasteiger partial charge in [-0.15, -0.1) is 0 Å². The molecule has 0 saturated carbocycles. The molecule has 1 aromatic rings. The van der Waals surface area contributed by atoms with Crippen LogP contribution in [0.1, 0.15) is 24.1 Å². The molecule has 1 N–H and O–H groups in total. The molecule has 0 aliphatic carbocycles.